The number of ether oxygens (including phenoxy) is 2. The SMILES string of the molecule is O=C(N[C@@H]1Cc2ccc3[nH]ncc3c2CN(CCN2CCOCC2)C1=O)OCc1ccccc1. The van der Waals surface area contributed by atoms with Crippen LogP contribution in [0.3, 0.4) is 0 Å². The molecular weight excluding hydrogens is 434 g/mol. The van der Waals surface area contributed by atoms with Crippen LogP contribution in [0.1, 0.15) is 16.7 Å². The lowest BCUT2D eigenvalue weighted by Crippen LogP contribution is -2.50. The van der Waals surface area contributed by atoms with Crippen molar-refractivity contribution in [2.75, 3.05) is 39.4 Å². The Labute approximate surface area is 198 Å². The van der Waals surface area contributed by atoms with E-state index in [1.807, 2.05) is 47.4 Å². The molecule has 1 saturated heterocycles. The highest BCUT2D eigenvalue weighted by atomic mass is 16.5. The number of amides is 2. The maximum atomic E-state index is 13.6. The number of carbonyl (C=O) groups is 2. The number of carbonyl (C=O) groups excluding carboxylic acids is 2. The number of nitrogens with one attached hydrogen (secondary N) is 2. The summed E-state index contributed by atoms with van der Waals surface area (Å²) < 4.78 is 10.8. The molecule has 5 rings (SSSR count). The number of hydrogen-bond donors (Lipinski definition) is 2. The molecule has 34 heavy (non-hydrogen) atoms. The number of alkyl carbamates (subject to hydrolysis) is 1. The van der Waals surface area contributed by atoms with Crippen LogP contribution in [0.2, 0.25) is 0 Å². The van der Waals surface area contributed by atoms with E-state index in [4.69, 9.17) is 9.47 Å². The van der Waals surface area contributed by atoms with Crippen LogP contribution in [0.4, 0.5) is 4.79 Å². The van der Waals surface area contributed by atoms with Crippen LogP contribution in [0, 0.1) is 0 Å². The average Bonchev–Trinajstić information content (AvgIpc) is 3.31. The molecule has 1 aromatic heterocycles. The van der Waals surface area contributed by atoms with Gasteiger partial charge in [0.15, 0.2) is 0 Å². The smallest absolute Gasteiger partial charge is 0.408 e. The largest absolute Gasteiger partial charge is 0.445 e. The molecule has 0 saturated carbocycles. The summed E-state index contributed by atoms with van der Waals surface area (Å²) in [6.45, 7) is 5.11. The van der Waals surface area contributed by atoms with Crippen molar-refractivity contribution in [2.45, 2.75) is 25.6 Å². The first-order valence-corrected chi connectivity index (χ1v) is 11.7. The van der Waals surface area contributed by atoms with Crippen molar-refractivity contribution in [3.63, 3.8) is 0 Å². The van der Waals surface area contributed by atoms with E-state index in [2.05, 4.69) is 20.4 Å². The number of morpholine rings is 1. The van der Waals surface area contributed by atoms with Crippen LogP contribution in [-0.4, -0.2) is 77.4 Å². The highest BCUT2D eigenvalue weighted by Gasteiger charge is 2.32. The summed E-state index contributed by atoms with van der Waals surface area (Å²) in [5.41, 5.74) is 3.94. The first kappa shape index (κ1) is 22.4. The lowest BCUT2D eigenvalue weighted by molar-refractivity contribution is -0.134. The minimum atomic E-state index is -0.696. The van der Waals surface area contributed by atoms with Crippen LogP contribution < -0.4 is 5.32 Å². The van der Waals surface area contributed by atoms with Gasteiger partial charge in [0.2, 0.25) is 5.91 Å². The van der Waals surface area contributed by atoms with Crippen molar-refractivity contribution in [3.05, 3.63) is 65.4 Å². The fourth-order valence-corrected chi connectivity index (χ4v) is 4.59. The molecule has 9 heteroatoms. The minimum absolute atomic E-state index is 0.0993. The van der Waals surface area contributed by atoms with Crippen LogP contribution >= 0.6 is 0 Å². The van der Waals surface area contributed by atoms with Crippen LogP contribution in [-0.2, 0) is 33.8 Å². The molecule has 2 aliphatic rings. The fraction of sp³-hybridized carbons (Fsp3) is 0.400. The van der Waals surface area contributed by atoms with Gasteiger partial charge in [-0.05, 0) is 22.8 Å². The Kier molecular flexibility index (Phi) is 6.73. The van der Waals surface area contributed by atoms with Crippen LogP contribution in [0.25, 0.3) is 10.9 Å². The molecule has 0 unspecified atom stereocenters. The summed E-state index contributed by atoms with van der Waals surface area (Å²) in [7, 11) is 0. The topological polar surface area (TPSA) is 99.8 Å². The van der Waals surface area contributed by atoms with Gasteiger partial charge in [-0.25, -0.2) is 4.79 Å². The van der Waals surface area contributed by atoms with E-state index in [9.17, 15) is 9.59 Å². The van der Waals surface area contributed by atoms with Gasteiger partial charge in [0.05, 0.1) is 24.9 Å². The standard InChI is InChI=1S/C25H29N5O4/c31-24-23(27-25(32)34-17-18-4-2-1-3-5-18)14-19-6-7-22-20(15-26-28-22)21(19)16-30(24)9-8-29-10-12-33-13-11-29/h1-7,15,23H,8-14,16-17H2,(H,26,28)(H,27,32)/t23-/m1/s1. The molecule has 178 valence electrons. The molecule has 2 aromatic carbocycles. The number of rotatable bonds is 6. The summed E-state index contributed by atoms with van der Waals surface area (Å²) in [4.78, 5) is 30.3. The molecule has 0 spiro atoms. The van der Waals surface area contributed by atoms with Gasteiger partial charge >= 0.3 is 6.09 Å². The third-order valence-corrected chi connectivity index (χ3v) is 6.51. The van der Waals surface area contributed by atoms with Crippen LogP contribution in [0.15, 0.2) is 48.7 Å². The molecule has 2 aliphatic heterocycles. The molecule has 1 fully saturated rings. The van der Waals surface area contributed by atoms with Gasteiger partial charge < -0.3 is 19.7 Å². The zero-order valence-corrected chi connectivity index (χ0v) is 19.0. The summed E-state index contributed by atoms with van der Waals surface area (Å²) in [5, 5.41) is 11.0. The molecule has 2 N–H and O–H groups in total. The molecule has 0 radical (unpaired) electrons. The van der Waals surface area contributed by atoms with E-state index in [0.717, 1.165) is 47.2 Å². The van der Waals surface area contributed by atoms with Crippen molar-refractivity contribution in [3.8, 4) is 0 Å². The zero-order chi connectivity index (χ0) is 23.3. The number of nitrogens with zero attached hydrogens (tertiary/aromatic N) is 3. The lowest BCUT2D eigenvalue weighted by Gasteiger charge is -2.30. The zero-order valence-electron chi connectivity index (χ0n) is 19.0. The molecule has 3 heterocycles. The number of aromatic amines is 1. The van der Waals surface area contributed by atoms with Crippen LogP contribution in [0.5, 0.6) is 0 Å². The molecule has 0 bridgehead atoms. The Hall–Kier alpha value is -3.43. The van der Waals surface area contributed by atoms with Gasteiger partial charge in [0, 0.05) is 44.5 Å². The van der Waals surface area contributed by atoms with Crippen molar-refractivity contribution in [1.82, 2.24) is 25.3 Å². The number of benzene rings is 2. The molecular formula is C25H29N5O4. The second-order valence-electron chi connectivity index (χ2n) is 8.71. The Morgan fingerprint density at radius 3 is 2.79 bits per heavy atom. The Bertz CT molecular complexity index is 1140. The maximum Gasteiger partial charge on any atom is 0.408 e. The average molecular weight is 464 g/mol. The summed E-state index contributed by atoms with van der Waals surface area (Å²) in [6, 6.07) is 12.8. The minimum Gasteiger partial charge on any atom is -0.445 e. The van der Waals surface area contributed by atoms with E-state index < -0.39 is 12.1 Å². The van der Waals surface area contributed by atoms with Gasteiger partial charge in [0.1, 0.15) is 12.6 Å². The van der Waals surface area contributed by atoms with E-state index in [-0.39, 0.29) is 12.5 Å². The summed E-state index contributed by atoms with van der Waals surface area (Å²) >= 11 is 0. The number of fused-ring (bicyclic) bond motifs is 3. The number of H-pyrrole nitrogens is 1. The third kappa shape index (κ3) is 5.05. The van der Waals surface area contributed by atoms with Gasteiger partial charge in [-0.3, -0.25) is 14.8 Å². The van der Waals surface area contributed by atoms with Gasteiger partial charge in [-0.1, -0.05) is 36.4 Å². The third-order valence-electron chi connectivity index (χ3n) is 6.51. The van der Waals surface area contributed by atoms with E-state index >= 15 is 0 Å². The highest BCUT2D eigenvalue weighted by molar-refractivity contribution is 5.89. The van der Waals surface area contributed by atoms with E-state index in [1.54, 1.807) is 6.20 Å². The van der Waals surface area contributed by atoms with Crippen molar-refractivity contribution in [1.29, 1.82) is 0 Å². The van der Waals surface area contributed by atoms with Gasteiger partial charge in [-0.15, -0.1) is 0 Å². The number of aromatic nitrogens is 2. The second-order valence-corrected chi connectivity index (χ2v) is 8.71. The van der Waals surface area contributed by atoms with E-state index in [1.165, 1.54) is 0 Å². The normalized spacial score (nSPS) is 19.0. The first-order valence-electron chi connectivity index (χ1n) is 11.7. The van der Waals surface area contributed by atoms with Gasteiger partial charge in [0.25, 0.3) is 0 Å². The quantitative estimate of drug-likeness (QED) is 0.581. The monoisotopic (exact) mass is 463 g/mol. The van der Waals surface area contributed by atoms with Crippen molar-refractivity contribution >= 4 is 22.9 Å². The van der Waals surface area contributed by atoms with Crippen molar-refractivity contribution in [2.24, 2.45) is 0 Å². The Morgan fingerprint density at radius 2 is 1.97 bits per heavy atom. The molecule has 2 amide bonds. The Balaban J connectivity index is 1.33. The molecule has 0 aliphatic carbocycles. The first-order chi connectivity index (χ1) is 16.7. The predicted molar refractivity (Wildman–Crippen MR) is 126 cm³/mol. The Morgan fingerprint density at radius 1 is 1.15 bits per heavy atom. The predicted octanol–water partition coefficient (Wildman–Crippen LogP) is 2.07. The van der Waals surface area contributed by atoms with Crippen molar-refractivity contribution < 1.29 is 19.1 Å². The highest BCUT2D eigenvalue weighted by Crippen LogP contribution is 2.27. The molecule has 9 nitrogen and oxygen atoms in total. The maximum absolute atomic E-state index is 13.6. The summed E-state index contributed by atoms with van der Waals surface area (Å²) in [5.74, 6) is -0.0993. The molecule has 3 aromatic rings. The second kappa shape index (κ2) is 10.2. The number of hydrogen-bond acceptors (Lipinski definition) is 6. The fourth-order valence-electron chi connectivity index (χ4n) is 4.59. The summed E-state index contributed by atoms with van der Waals surface area (Å²) in [6.07, 6.45) is 1.62. The van der Waals surface area contributed by atoms with E-state index in [0.29, 0.717) is 32.7 Å². The van der Waals surface area contributed by atoms with Gasteiger partial charge in [-0.2, -0.15) is 5.10 Å². The lowest BCUT2D eigenvalue weighted by atomic mass is 9.99. The molecule has 1 atom stereocenters.